The van der Waals surface area contributed by atoms with E-state index in [9.17, 15) is 4.79 Å². The molecule has 6 heteroatoms. The summed E-state index contributed by atoms with van der Waals surface area (Å²) in [5, 5.41) is 6.66. The second-order valence-corrected chi connectivity index (χ2v) is 7.44. The number of hydrogen-bond acceptors (Lipinski definition) is 5. The first-order valence-corrected chi connectivity index (χ1v) is 8.78. The van der Waals surface area contributed by atoms with Gasteiger partial charge in [-0.05, 0) is 65.8 Å². The van der Waals surface area contributed by atoms with E-state index in [0.29, 0.717) is 18.6 Å². The topological polar surface area (TPSA) is 85.6 Å². The molecule has 0 aromatic rings. The third-order valence-electron chi connectivity index (χ3n) is 4.04. The Hall–Kier alpha value is -0.850. The molecule has 6 nitrogen and oxygen atoms in total. The van der Waals surface area contributed by atoms with Crippen molar-refractivity contribution in [3.05, 3.63) is 0 Å². The maximum Gasteiger partial charge on any atom is 0.407 e. The minimum Gasteiger partial charge on any atom is -0.444 e. The number of hydrogen-bond donors (Lipinski definition) is 3. The van der Waals surface area contributed by atoms with Gasteiger partial charge in [-0.1, -0.05) is 0 Å². The van der Waals surface area contributed by atoms with Crippen LogP contribution in [0.2, 0.25) is 0 Å². The monoisotopic (exact) mass is 329 g/mol. The second kappa shape index (κ2) is 10.1. The molecular weight excluding hydrogens is 294 g/mol. The highest BCUT2D eigenvalue weighted by atomic mass is 16.6. The smallest absolute Gasteiger partial charge is 0.407 e. The van der Waals surface area contributed by atoms with Gasteiger partial charge in [0.25, 0.3) is 0 Å². The molecule has 1 fully saturated rings. The Morgan fingerprint density at radius 2 is 1.83 bits per heavy atom. The lowest BCUT2D eigenvalue weighted by Crippen LogP contribution is -2.47. The molecule has 1 atom stereocenters. The summed E-state index contributed by atoms with van der Waals surface area (Å²) in [5.41, 5.74) is 5.15. The van der Waals surface area contributed by atoms with Gasteiger partial charge in [-0.3, -0.25) is 0 Å². The molecule has 1 aliphatic carbocycles. The second-order valence-electron chi connectivity index (χ2n) is 7.44. The number of alkyl carbamates (subject to hydrolysis) is 1. The summed E-state index contributed by atoms with van der Waals surface area (Å²) in [6.45, 7) is 7.07. The van der Waals surface area contributed by atoms with Crippen LogP contribution in [-0.4, -0.2) is 50.1 Å². The number of methoxy groups -OCH3 is 1. The lowest BCUT2D eigenvalue weighted by Gasteiger charge is -2.33. The summed E-state index contributed by atoms with van der Waals surface area (Å²) in [7, 11) is 1.73. The van der Waals surface area contributed by atoms with Crippen LogP contribution < -0.4 is 16.4 Å². The Bertz CT molecular complexity index is 336. The zero-order valence-corrected chi connectivity index (χ0v) is 15.2. The minimum absolute atomic E-state index is 0.216. The molecule has 0 aromatic heterocycles. The molecule has 4 N–H and O–H groups in total. The van der Waals surface area contributed by atoms with E-state index in [0.717, 1.165) is 45.1 Å². The first-order chi connectivity index (χ1) is 10.8. The van der Waals surface area contributed by atoms with E-state index in [4.69, 9.17) is 15.2 Å². The van der Waals surface area contributed by atoms with Crippen molar-refractivity contribution in [2.24, 2.45) is 5.73 Å². The Balaban J connectivity index is 2.29. The predicted octanol–water partition coefficient (Wildman–Crippen LogP) is 2.17. The average molecular weight is 329 g/mol. The van der Waals surface area contributed by atoms with Gasteiger partial charge in [-0.25, -0.2) is 4.79 Å². The van der Waals surface area contributed by atoms with Gasteiger partial charge in [0.1, 0.15) is 5.60 Å². The van der Waals surface area contributed by atoms with Crippen LogP contribution in [0.4, 0.5) is 4.79 Å². The lowest BCUT2D eigenvalue weighted by atomic mass is 9.90. The molecule has 1 rings (SSSR count). The van der Waals surface area contributed by atoms with E-state index < -0.39 is 5.60 Å². The lowest BCUT2D eigenvalue weighted by molar-refractivity contribution is 0.0488. The Labute approximate surface area is 140 Å². The van der Waals surface area contributed by atoms with Crippen molar-refractivity contribution in [3.63, 3.8) is 0 Å². The summed E-state index contributed by atoms with van der Waals surface area (Å²) >= 11 is 0. The third-order valence-corrected chi connectivity index (χ3v) is 4.04. The SMILES string of the molecule is COCC(CCCN)NC1CCC(NC(=O)OC(C)(C)C)CC1. The average Bonchev–Trinajstić information content (AvgIpc) is 2.45. The third kappa shape index (κ3) is 9.13. The molecule has 136 valence electrons. The van der Waals surface area contributed by atoms with Crippen LogP contribution in [0.25, 0.3) is 0 Å². The molecule has 0 spiro atoms. The normalized spacial score (nSPS) is 23.3. The van der Waals surface area contributed by atoms with E-state index >= 15 is 0 Å². The highest BCUT2D eigenvalue weighted by Crippen LogP contribution is 2.20. The maximum absolute atomic E-state index is 11.8. The van der Waals surface area contributed by atoms with Crippen LogP contribution in [0.15, 0.2) is 0 Å². The van der Waals surface area contributed by atoms with Crippen molar-refractivity contribution in [2.75, 3.05) is 20.3 Å². The fourth-order valence-corrected chi connectivity index (χ4v) is 2.99. The number of nitrogens with two attached hydrogens (primary N) is 1. The van der Waals surface area contributed by atoms with E-state index in [-0.39, 0.29) is 12.1 Å². The summed E-state index contributed by atoms with van der Waals surface area (Å²) in [5.74, 6) is 0. The Kier molecular flexibility index (Phi) is 8.87. The minimum atomic E-state index is -0.445. The van der Waals surface area contributed by atoms with Gasteiger partial charge in [0, 0.05) is 25.2 Å². The number of ether oxygens (including phenoxy) is 2. The van der Waals surface area contributed by atoms with E-state index in [2.05, 4.69) is 10.6 Å². The molecular formula is C17H35N3O3. The van der Waals surface area contributed by atoms with E-state index in [1.165, 1.54) is 0 Å². The highest BCUT2D eigenvalue weighted by molar-refractivity contribution is 5.68. The van der Waals surface area contributed by atoms with Gasteiger partial charge in [-0.2, -0.15) is 0 Å². The molecule has 1 aliphatic rings. The summed E-state index contributed by atoms with van der Waals surface area (Å²) in [4.78, 5) is 11.8. The van der Waals surface area contributed by atoms with Crippen LogP contribution in [0.1, 0.15) is 59.3 Å². The van der Waals surface area contributed by atoms with Gasteiger partial charge in [-0.15, -0.1) is 0 Å². The van der Waals surface area contributed by atoms with Gasteiger partial charge in [0.15, 0.2) is 0 Å². The molecule has 0 saturated heterocycles. The summed E-state index contributed by atoms with van der Waals surface area (Å²) < 4.78 is 10.6. The first-order valence-electron chi connectivity index (χ1n) is 8.78. The van der Waals surface area contributed by atoms with Crippen LogP contribution in [0.3, 0.4) is 0 Å². The van der Waals surface area contributed by atoms with Crippen molar-refractivity contribution in [1.29, 1.82) is 0 Å². The van der Waals surface area contributed by atoms with Crippen LogP contribution in [0, 0.1) is 0 Å². The van der Waals surface area contributed by atoms with E-state index in [1.807, 2.05) is 20.8 Å². The molecule has 1 saturated carbocycles. The van der Waals surface area contributed by atoms with Crippen LogP contribution in [0.5, 0.6) is 0 Å². The largest absolute Gasteiger partial charge is 0.444 e. The Morgan fingerprint density at radius 3 is 2.35 bits per heavy atom. The molecule has 23 heavy (non-hydrogen) atoms. The van der Waals surface area contributed by atoms with Crippen molar-refractivity contribution in [2.45, 2.75) is 83.0 Å². The van der Waals surface area contributed by atoms with Crippen molar-refractivity contribution >= 4 is 6.09 Å². The zero-order valence-electron chi connectivity index (χ0n) is 15.2. The highest BCUT2D eigenvalue weighted by Gasteiger charge is 2.25. The number of carbonyl (C=O) groups is 1. The number of carbonyl (C=O) groups excluding carboxylic acids is 1. The molecule has 0 radical (unpaired) electrons. The van der Waals surface area contributed by atoms with E-state index in [1.54, 1.807) is 7.11 Å². The molecule has 0 aliphatic heterocycles. The van der Waals surface area contributed by atoms with Crippen molar-refractivity contribution < 1.29 is 14.3 Å². The molecule has 1 amide bonds. The molecule has 1 unspecified atom stereocenters. The number of rotatable bonds is 8. The van der Waals surface area contributed by atoms with Crippen molar-refractivity contribution in [3.8, 4) is 0 Å². The molecule has 0 aromatic carbocycles. The van der Waals surface area contributed by atoms with Gasteiger partial charge < -0.3 is 25.8 Å². The fraction of sp³-hybridized carbons (Fsp3) is 0.941. The van der Waals surface area contributed by atoms with Gasteiger partial charge in [0.2, 0.25) is 0 Å². The molecule has 0 bridgehead atoms. The quantitative estimate of drug-likeness (QED) is 0.635. The van der Waals surface area contributed by atoms with Gasteiger partial charge in [0.05, 0.1) is 6.61 Å². The predicted molar refractivity (Wildman–Crippen MR) is 92.5 cm³/mol. The van der Waals surface area contributed by atoms with Crippen molar-refractivity contribution in [1.82, 2.24) is 10.6 Å². The summed E-state index contributed by atoms with van der Waals surface area (Å²) in [6.07, 6.45) is 5.82. The van der Waals surface area contributed by atoms with Crippen LogP contribution in [-0.2, 0) is 9.47 Å². The number of nitrogens with one attached hydrogen (secondary N) is 2. The zero-order chi connectivity index (χ0) is 17.3. The maximum atomic E-state index is 11.8. The first kappa shape index (κ1) is 20.2. The number of amides is 1. The van der Waals surface area contributed by atoms with Gasteiger partial charge >= 0.3 is 6.09 Å². The molecule has 0 heterocycles. The standard InChI is InChI=1S/C17H35N3O3/c1-17(2,3)23-16(21)20-14-9-7-13(8-10-14)19-15(12-22-4)6-5-11-18/h13-15,19H,5-12,18H2,1-4H3,(H,20,21). The summed E-state index contributed by atoms with van der Waals surface area (Å²) in [6, 6.07) is 1.07. The van der Waals surface area contributed by atoms with Crippen LogP contribution >= 0.6 is 0 Å². The fourth-order valence-electron chi connectivity index (χ4n) is 2.99. The Morgan fingerprint density at radius 1 is 1.22 bits per heavy atom.